The molecule has 0 bridgehead atoms. The van der Waals surface area contributed by atoms with E-state index in [-0.39, 0.29) is 17.2 Å². The highest BCUT2D eigenvalue weighted by Crippen LogP contribution is 2.30. The normalized spacial score (nSPS) is 11.7. The molecule has 0 aliphatic rings. The Morgan fingerprint density at radius 1 is 0.957 bits per heavy atom. The molecule has 9 heteroatoms. The molecule has 2 heterocycles. The van der Waals surface area contributed by atoms with E-state index in [0.717, 1.165) is 16.8 Å². The minimum Gasteiger partial charge on any atom is -0.237 e. The number of nitrogens with zero attached hydrogens (tertiary/aromatic N) is 4. The molecule has 0 atom stereocenters. The quantitative estimate of drug-likeness (QED) is 0.676. The van der Waals surface area contributed by atoms with Crippen LogP contribution in [0, 0.1) is 11.6 Å². The second kappa shape index (κ2) is 5.41. The maximum Gasteiger partial charge on any atom is 0.453 e. The zero-order valence-corrected chi connectivity index (χ0v) is 11.2. The first kappa shape index (κ1) is 15.1. The van der Waals surface area contributed by atoms with Gasteiger partial charge in [0.25, 0.3) is 5.82 Å². The van der Waals surface area contributed by atoms with Crippen LogP contribution in [0.3, 0.4) is 0 Å². The molecule has 3 aromatic rings. The topological polar surface area (TPSA) is 43.6 Å². The number of aromatic nitrogens is 4. The van der Waals surface area contributed by atoms with E-state index in [1.807, 2.05) is 0 Å². The van der Waals surface area contributed by atoms with Crippen molar-refractivity contribution in [1.82, 2.24) is 19.7 Å². The lowest BCUT2D eigenvalue weighted by Gasteiger charge is -2.05. The highest BCUT2D eigenvalue weighted by molar-refractivity contribution is 5.57. The van der Waals surface area contributed by atoms with E-state index in [1.54, 1.807) is 6.07 Å². The molecule has 0 N–H and O–H groups in total. The van der Waals surface area contributed by atoms with Crippen molar-refractivity contribution in [3.8, 4) is 17.2 Å². The van der Waals surface area contributed by atoms with Crippen LogP contribution in [0.4, 0.5) is 22.0 Å². The van der Waals surface area contributed by atoms with Crippen molar-refractivity contribution in [3.63, 3.8) is 0 Å². The van der Waals surface area contributed by atoms with Gasteiger partial charge in [0.15, 0.2) is 11.6 Å². The summed E-state index contributed by atoms with van der Waals surface area (Å²) in [5, 5.41) is 3.36. The van der Waals surface area contributed by atoms with Crippen molar-refractivity contribution in [1.29, 1.82) is 0 Å². The van der Waals surface area contributed by atoms with Gasteiger partial charge in [0.05, 0.1) is 0 Å². The summed E-state index contributed by atoms with van der Waals surface area (Å²) in [7, 11) is 0. The van der Waals surface area contributed by atoms with E-state index in [2.05, 4.69) is 15.1 Å². The molecule has 0 saturated carbocycles. The van der Waals surface area contributed by atoms with E-state index >= 15 is 0 Å². The lowest BCUT2D eigenvalue weighted by Crippen LogP contribution is -2.09. The minimum absolute atomic E-state index is 0.0372. The Bertz CT molecular complexity index is 822. The summed E-state index contributed by atoms with van der Waals surface area (Å²) in [6.07, 6.45) is -3.46. The highest BCUT2D eigenvalue weighted by Gasteiger charge is 2.37. The van der Waals surface area contributed by atoms with Gasteiger partial charge in [-0.15, -0.1) is 5.10 Å². The lowest BCUT2D eigenvalue weighted by molar-refractivity contribution is -0.144. The predicted molar refractivity (Wildman–Crippen MR) is 69.5 cm³/mol. The van der Waals surface area contributed by atoms with Gasteiger partial charge in [-0.3, -0.25) is 0 Å². The molecule has 0 saturated heterocycles. The molecule has 0 aliphatic heterocycles. The molecule has 0 radical (unpaired) electrons. The number of alkyl halides is 3. The predicted octanol–water partition coefficient (Wildman–Crippen LogP) is 3.63. The zero-order valence-electron chi connectivity index (χ0n) is 11.2. The average molecular weight is 326 g/mol. The van der Waals surface area contributed by atoms with Crippen molar-refractivity contribution >= 4 is 0 Å². The fraction of sp³-hybridized carbons (Fsp3) is 0.0714. The Morgan fingerprint density at radius 3 is 2.22 bits per heavy atom. The molecule has 4 nitrogen and oxygen atoms in total. The van der Waals surface area contributed by atoms with Crippen molar-refractivity contribution in [3.05, 3.63) is 60.1 Å². The summed E-state index contributed by atoms with van der Waals surface area (Å²) >= 11 is 0. The van der Waals surface area contributed by atoms with E-state index in [1.165, 1.54) is 18.3 Å². The van der Waals surface area contributed by atoms with Gasteiger partial charge in [-0.05, 0) is 24.3 Å². The van der Waals surface area contributed by atoms with Crippen molar-refractivity contribution in [2.75, 3.05) is 0 Å². The van der Waals surface area contributed by atoms with Gasteiger partial charge < -0.3 is 0 Å². The fourth-order valence-electron chi connectivity index (χ4n) is 1.94. The standard InChI is InChI=1S/C14H7F5N4/c15-9-5-8(6-10(16)7-9)12-21-13(14(17,18)19)22-23(12)11-3-1-2-4-20-11/h1-7H. The molecular formula is C14H7F5N4. The highest BCUT2D eigenvalue weighted by atomic mass is 19.4. The van der Waals surface area contributed by atoms with Gasteiger partial charge in [-0.1, -0.05) is 6.07 Å². The van der Waals surface area contributed by atoms with Crippen LogP contribution in [-0.4, -0.2) is 19.7 Å². The molecule has 0 spiro atoms. The molecule has 23 heavy (non-hydrogen) atoms. The van der Waals surface area contributed by atoms with Crippen LogP contribution in [0.5, 0.6) is 0 Å². The Labute approximate surface area is 126 Å². The Morgan fingerprint density at radius 2 is 1.65 bits per heavy atom. The van der Waals surface area contributed by atoms with E-state index in [9.17, 15) is 22.0 Å². The van der Waals surface area contributed by atoms with Crippen LogP contribution in [0.2, 0.25) is 0 Å². The van der Waals surface area contributed by atoms with Gasteiger partial charge >= 0.3 is 6.18 Å². The fourth-order valence-corrected chi connectivity index (χ4v) is 1.94. The number of pyridine rings is 1. The summed E-state index contributed by atoms with van der Waals surface area (Å²) in [6.45, 7) is 0. The summed E-state index contributed by atoms with van der Waals surface area (Å²) in [5.74, 6) is -3.64. The van der Waals surface area contributed by atoms with Crippen molar-refractivity contribution < 1.29 is 22.0 Å². The monoisotopic (exact) mass is 326 g/mol. The Balaban J connectivity index is 2.24. The Hall–Kier alpha value is -2.84. The lowest BCUT2D eigenvalue weighted by atomic mass is 10.2. The molecule has 2 aromatic heterocycles. The molecular weight excluding hydrogens is 319 g/mol. The number of hydrogen-bond donors (Lipinski definition) is 0. The first-order chi connectivity index (χ1) is 10.8. The first-order valence-corrected chi connectivity index (χ1v) is 6.27. The second-order valence-electron chi connectivity index (χ2n) is 4.51. The number of rotatable bonds is 2. The third kappa shape index (κ3) is 3.03. The maximum atomic E-state index is 13.4. The average Bonchev–Trinajstić information content (AvgIpc) is 2.92. The van der Waals surface area contributed by atoms with Crippen LogP contribution in [0.15, 0.2) is 42.6 Å². The molecule has 3 rings (SSSR count). The summed E-state index contributed by atoms with van der Waals surface area (Å²) < 4.78 is 66.1. The van der Waals surface area contributed by atoms with Crippen molar-refractivity contribution in [2.45, 2.75) is 6.18 Å². The van der Waals surface area contributed by atoms with Gasteiger partial charge in [-0.25, -0.2) is 18.7 Å². The molecule has 1 aromatic carbocycles. The minimum atomic E-state index is -4.80. The van der Waals surface area contributed by atoms with Gasteiger partial charge in [0, 0.05) is 17.8 Å². The van der Waals surface area contributed by atoms with Crippen LogP contribution < -0.4 is 0 Å². The molecule has 0 unspecified atom stereocenters. The smallest absolute Gasteiger partial charge is 0.237 e. The summed E-state index contributed by atoms with van der Waals surface area (Å²) in [5.41, 5.74) is -0.184. The van der Waals surface area contributed by atoms with Gasteiger partial charge in [0.1, 0.15) is 11.6 Å². The van der Waals surface area contributed by atoms with E-state index < -0.39 is 23.6 Å². The number of hydrogen-bond acceptors (Lipinski definition) is 3. The SMILES string of the molecule is Fc1cc(F)cc(-c2nc(C(F)(F)F)nn2-c2ccccn2)c1. The van der Waals surface area contributed by atoms with Crippen LogP contribution in [-0.2, 0) is 6.18 Å². The maximum absolute atomic E-state index is 13.4. The zero-order chi connectivity index (χ0) is 16.6. The van der Waals surface area contributed by atoms with Crippen LogP contribution in [0.25, 0.3) is 17.2 Å². The molecule has 0 amide bonds. The van der Waals surface area contributed by atoms with Crippen molar-refractivity contribution in [2.24, 2.45) is 0 Å². The number of halogens is 5. The third-order valence-electron chi connectivity index (χ3n) is 2.85. The second-order valence-corrected chi connectivity index (χ2v) is 4.51. The van der Waals surface area contributed by atoms with E-state index in [4.69, 9.17) is 0 Å². The largest absolute Gasteiger partial charge is 0.453 e. The summed E-state index contributed by atoms with van der Waals surface area (Å²) in [4.78, 5) is 7.24. The summed E-state index contributed by atoms with van der Waals surface area (Å²) in [6, 6.07) is 6.84. The molecule has 0 fully saturated rings. The molecule has 118 valence electrons. The van der Waals surface area contributed by atoms with Gasteiger partial charge in [-0.2, -0.15) is 17.9 Å². The van der Waals surface area contributed by atoms with Gasteiger partial charge in [0.2, 0.25) is 0 Å². The van der Waals surface area contributed by atoms with E-state index in [0.29, 0.717) is 6.07 Å². The van der Waals surface area contributed by atoms with Crippen LogP contribution >= 0.6 is 0 Å². The first-order valence-electron chi connectivity index (χ1n) is 6.27. The third-order valence-corrected chi connectivity index (χ3v) is 2.85. The van der Waals surface area contributed by atoms with Crippen LogP contribution in [0.1, 0.15) is 5.82 Å². The number of benzene rings is 1. The molecule has 0 aliphatic carbocycles. The Kier molecular flexibility index (Phi) is 3.55.